The summed E-state index contributed by atoms with van der Waals surface area (Å²) in [6.45, 7) is 5.13. The standard InChI is InChI=1S/C20H23BrN2/c1-13-9-10-14(2)19-18(13)17(8-3-4-11-22)20(23-19)15-6-5-7-16(21)12-15/h5-7,9-10,12,23H,3-4,8,11,22H2,1-2H3. The summed E-state index contributed by atoms with van der Waals surface area (Å²) in [5.74, 6) is 0. The SMILES string of the molecule is Cc1ccc(C)c2c(CCCCN)c(-c3cccc(Br)c3)[nH]c12. The van der Waals surface area contributed by atoms with Crippen molar-refractivity contribution in [2.45, 2.75) is 33.1 Å². The van der Waals surface area contributed by atoms with Gasteiger partial charge in [-0.25, -0.2) is 0 Å². The quantitative estimate of drug-likeness (QED) is 0.572. The van der Waals surface area contributed by atoms with Crippen molar-refractivity contribution in [1.29, 1.82) is 0 Å². The largest absolute Gasteiger partial charge is 0.354 e. The molecule has 2 nitrogen and oxygen atoms in total. The molecule has 3 aromatic rings. The number of H-pyrrole nitrogens is 1. The second-order valence-electron chi connectivity index (χ2n) is 6.18. The minimum absolute atomic E-state index is 0.757. The van der Waals surface area contributed by atoms with Crippen molar-refractivity contribution in [2.24, 2.45) is 5.73 Å². The Morgan fingerprint density at radius 3 is 2.57 bits per heavy atom. The van der Waals surface area contributed by atoms with Gasteiger partial charge in [-0.05, 0) is 74.0 Å². The molecule has 0 fully saturated rings. The molecule has 0 saturated carbocycles. The maximum absolute atomic E-state index is 5.69. The number of halogens is 1. The summed E-state index contributed by atoms with van der Waals surface area (Å²) in [6.07, 6.45) is 3.25. The minimum Gasteiger partial charge on any atom is -0.354 e. The minimum atomic E-state index is 0.757. The van der Waals surface area contributed by atoms with E-state index in [1.807, 2.05) is 0 Å². The molecule has 0 saturated heterocycles. The van der Waals surface area contributed by atoms with Crippen LogP contribution in [0.5, 0.6) is 0 Å². The molecule has 0 aliphatic heterocycles. The normalized spacial score (nSPS) is 11.3. The van der Waals surface area contributed by atoms with Gasteiger partial charge in [-0.1, -0.05) is 40.2 Å². The Balaban J connectivity index is 2.21. The molecule has 0 aliphatic rings. The molecular weight excluding hydrogens is 348 g/mol. The van der Waals surface area contributed by atoms with Gasteiger partial charge >= 0.3 is 0 Å². The van der Waals surface area contributed by atoms with Gasteiger partial charge in [0.1, 0.15) is 0 Å². The molecule has 3 heteroatoms. The van der Waals surface area contributed by atoms with Crippen molar-refractivity contribution in [1.82, 2.24) is 4.98 Å². The van der Waals surface area contributed by atoms with Crippen LogP contribution in [0, 0.1) is 13.8 Å². The zero-order chi connectivity index (χ0) is 16.4. The van der Waals surface area contributed by atoms with Gasteiger partial charge in [0, 0.05) is 21.1 Å². The highest BCUT2D eigenvalue weighted by atomic mass is 79.9. The lowest BCUT2D eigenvalue weighted by Gasteiger charge is -2.07. The second kappa shape index (κ2) is 6.90. The third kappa shape index (κ3) is 3.22. The number of nitrogens with one attached hydrogen (secondary N) is 1. The van der Waals surface area contributed by atoms with E-state index in [0.29, 0.717) is 0 Å². The fourth-order valence-corrected chi connectivity index (χ4v) is 3.67. The first-order chi connectivity index (χ1) is 11.1. The Morgan fingerprint density at radius 2 is 1.83 bits per heavy atom. The Hall–Kier alpha value is -1.58. The number of aromatic nitrogens is 1. The highest BCUT2D eigenvalue weighted by molar-refractivity contribution is 9.10. The maximum atomic E-state index is 5.69. The second-order valence-corrected chi connectivity index (χ2v) is 7.10. The smallest absolute Gasteiger partial charge is 0.0497 e. The number of fused-ring (bicyclic) bond motifs is 1. The van der Waals surface area contributed by atoms with E-state index in [0.717, 1.165) is 30.3 Å². The summed E-state index contributed by atoms with van der Waals surface area (Å²) in [5, 5.41) is 1.39. The van der Waals surface area contributed by atoms with Crippen molar-refractivity contribution in [3.63, 3.8) is 0 Å². The van der Waals surface area contributed by atoms with Crippen molar-refractivity contribution >= 4 is 26.8 Å². The van der Waals surface area contributed by atoms with Gasteiger partial charge in [-0.2, -0.15) is 0 Å². The lowest BCUT2D eigenvalue weighted by atomic mass is 9.97. The maximum Gasteiger partial charge on any atom is 0.0497 e. The van der Waals surface area contributed by atoms with Crippen molar-refractivity contribution in [3.8, 4) is 11.3 Å². The number of rotatable bonds is 5. The topological polar surface area (TPSA) is 41.8 Å². The van der Waals surface area contributed by atoms with E-state index in [9.17, 15) is 0 Å². The summed E-state index contributed by atoms with van der Waals surface area (Å²) >= 11 is 3.59. The van der Waals surface area contributed by atoms with Crippen molar-refractivity contribution in [3.05, 3.63) is 57.6 Å². The predicted molar refractivity (Wildman–Crippen MR) is 103 cm³/mol. The lowest BCUT2D eigenvalue weighted by Crippen LogP contribution is -1.99. The van der Waals surface area contributed by atoms with E-state index in [1.165, 1.54) is 38.9 Å². The third-order valence-corrected chi connectivity index (χ3v) is 4.96. The van der Waals surface area contributed by atoms with Gasteiger partial charge in [-0.15, -0.1) is 0 Å². The molecule has 0 radical (unpaired) electrons. The fourth-order valence-electron chi connectivity index (χ4n) is 3.27. The Labute approximate surface area is 146 Å². The molecule has 1 aromatic heterocycles. The van der Waals surface area contributed by atoms with Crippen LogP contribution < -0.4 is 5.73 Å². The number of hydrogen-bond donors (Lipinski definition) is 2. The van der Waals surface area contributed by atoms with Crippen LogP contribution in [0.15, 0.2) is 40.9 Å². The third-order valence-electron chi connectivity index (χ3n) is 4.47. The summed E-state index contributed by atoms with van der Waals surface area (Å²) in [5.41, 5.74) is 13.5. The average Bonchev–Trinajstić information content (AvgIpc) is 2.92. The number of nitrogens with two attached hydrogens (primary N) is 1. The zero-order valence-corrected chi connectivity index (χ0v) is 15.3. The van der Waals surface area contributed by atoms with Crippen LogP contribution in [0.1, 0.15) is 29.5 Å². The van der Waals surface area contributed by atoms with Gasteiger partial charge in [0.05, 0.1) is 0 Å². The number of benzene rings is 2. The van der Waals surface area contributed by atoms with Crippen LogP contribution in [-0.2, 0) is 6.42 Å². The number of aryl methyl sites for hydroxylation is 3. The summed E-state index contributed by atoms with van der Waals surface area (Å²) in [6, 6.07) is 12.9. The first kappa shape index (κ1) is 16.3. The number of hydrogen-bond acceptors (Lipinski definition) is 1. The van der Waals surface area contributed by atoms with Crippen molar-refractivity contribution in [2.75, 3.05) is 6.54 Å². The summed E-state index contributed by atoms with van der Waals surface area (Å²) < 4.78 is 1.11. The molecule has 3 N–H and O–H groups in total. The molecule has 0 atom stereocenters. The highest BCUT2D eigenvalue weighted by Crippen LogP contribution is 2.35. The van der Waals surface area contributed by atoms with Gasteiger partial charge < -0.3 is 10.7 Å². The van der Waals surface area contributed by atoms with Crippen molar-refractivity contribution < 1.29 is 0 Å². The molecule has 2 aromatic carbocycles. The summed E-state index contributed by atoms with van der Waals surface area (Å²) in [7, 11) is 0. The van der Waals surface area contributed by atoms with E-state index in [-0.39, 0.29) is 0 Å². The van der Waals surface area contributed by atoms with Gasteiger partial charge in [0.2, 0.25) is 0 Å². The van der Waals surface area contributed by atoms with Crippen LogP contribution >= 0.6 is 15.9 Å². The van der Waals surface area contributed by atoms with Crippen LogP contribution in [0.25, 0.3) is 22.2 Å². The monoisotopic (exact) mass is 370 g/mol. The summed E-state index contributed by atoms with van der Waals surface area (Å²) in [4.78, 5) is 3.69. The average molecular weight is 371 g/mol. The van der Waals surface area contributed by atoms with E-state index in [4.69, 9.17) is 5.73 Å². The molecule has 0 spiro atoms. The number of unbranched alkanes of at least 4 members (excludes halogenated alkanes) is 1. The molecule has 23 heavy (non-hydrogen) atoms. The molecule has 1 heterocycles. The fraction of sp³-hybridized carbons (Fsp3) is 0.300. The van der Waals surface area contributed by atoms with E-state index >= 15 is 0 Å². The Kier molecular flexibility index (Phi) is 4.88. The van der Waals surface area contributed by atoms with Crippen LogP contribution in [0.4, 0.5) is 0 Å². The predicted octanol–water partition coefficient (Wildman–Crippen LogP) is 5.50. The lowest BCUT2D eigenvalue weighted by molar-refractivity contribution is 0.748. The van der Waals surface area contributed by atoms with E-state index in [1.54, 1.807) is 0 Å². The molecule has 3 rings (SSSR count). The molecule has 0 bridgehead atoms. The molecule has 120 valence electrons. The first-order valence-electron chi connectivity index (χ1n) is 8.18. The highest BCUT2D eigenvalue weighted by Gasteiger charge is 2.16. The number of aromatic amines is 1. The van der Waals surface area contributed by atoms with Gasteiger partial charge in [0.15, 0.2) is 0 Å². The molecule has 0 amide bonds. The molecular formula is C20H23BrN2. The van der Waals surface area contributed by atoms with Gasteiger partial charge in [0.25, 0.3) is 0 Å². The van der Waals surface area contributed by atoms with Gasteiger partial charge in [-0.3, -0.25) is 0 Å². The molecule has 0 aliphatic carbocycles. The van der Waals surface area contributed by atoms with Crippen LogP contribution in [0.2, 0.25) is 0 Å². The van der Waals surface area contributed by atoms with Crippen LogP contribution in [-0.4, -0.2) is 11.5 Å². The Morgan fingerprint density at radius 1 is 1.04 bits per heavy atom. The van der Waals surface area contributed by atoms with E-state index < -0.39 is 0 Å². The molecule has 0 unspecified atom stereocenters. The van der Waals surface area contributed by atoms with Crippen LogP contribution in [0.3, 0.4) is 0 Å². The Bertz CT molecular complexity index is 833. The zero-order valence-electron chi connectivity index (χ0n) is 13.7. The first-order valence-corrected chi connectivity index (χ1v) is 8.98. The van der Waals surface area contributed by atoms with E-state index in [2.05, 4.69) is 71.2 Å².